The molecule has 1 unspecified atom stereocenters. The molecule has 1 aliphatic heterocycles. The molecule has 116 valence electrons. The van der Waals surface area contributed by atoms with Gasteiger partial charge in [-0.2, -0.15) is 0 Å². The maximum Gasteiger partial charge on any atom is 0.128 e. The van der Waals surface area contributed by atoms with Crippen LogP contribution in [0, 0.1) is 16.6 Å². The van der Waals surface area contributed by atoms with Gasteiger partial charge in [-0.3, -0.25) is 0 Å². The number of hydrogen-bond donors (Lipinski definition) is 1. The van der Waals surface area contributed by atoms with E-state index in [0.717, 1.165) is 19.3 Å². The summed E-state index contributed by atoms with van der Waals surface area (Å²) in [6.07, 6.45) is 2.96. The minimum Gasteiger partial charge on any atom is -0.487 e. The predicted molar refractivity (Wildman–Crippen MR) is 80.7 cm³/mol. The van der Waals surface area contributed by atoms with Crippen LogP contribution in [0.2, 0.25) is 0 Å². The van der Waals surface area contributed by atoms with Gasteiger partial charge in [-0.15, -0.1) is 0 Å². The zero-order chi connectivity index (χ0) is 15.5. The largest absolute Gasteiger partial charge is 0.487 e. The van der Waals surface area contributed by atoms with Crippen LogP contribution in [0.4, 0.5) is 4.39 Å². The van der Waals surface area contributed by atoms with Crippen LogP contribution in [0.15, 0.2) is 18.2 Å². The summed E-state index contributed by atoms with van der Waals surface area (Å²) in [4.78, 5) is 0. The number of aliphatic hydroxyl groups is 1. The first-order valence-electron chi connectivity index (χ1n) is 7.77. The number of rotatable bonds is 0. The van der Waals surface area contributed by atoms with E-state index < -0.39 is 6.10 Å². The quantitative estimate of drug-likeness (QED) is 0.756. The van der Waals surface area contributed by atoms with Crippen LogP contribution in [0.5, 0.6) is 5.75 Å². The van der Waals surface area contributed by atoms with Gasteiger partial charge in [0, 0.05) is 18.1 Å². The summed E-state index contributed by atoms with van der Waals surface area (Å²) < 4.78 is 19.8. The molecular weight excluding hydrogens is 267 g/mol. The van der Waals surface area contributed by atoms with E-state index in [0.29, 0.717) is 17.7 Å². The van der Waals surface area contributed by atoms with E-state index in [4.69, 9.17) is 4.74 Å². The van der Waals surface area contributed by atoms with E-state index in [2.05, 4.69) is 27.7 Å². The Labute approximate surface area is 126 Å². The lowest BCUT2D eigenvalue weighted by atomic mass is 9.58. The van der Waals surface area contributed by atoms with Crippen molar-refractivity contribution in [2.45, 2.75) is 65.1 Å². The molecule has 3 rings (SSSR count). The van der Waals surface area contributed by atoms with Crippen molar-refractivity contribution in [1.29, 1.82) is 0 Å². The minimum atomic E-state index is -0.570. The molecule has 0 aromatic heterocycles. The molecule has 21 heavy (non-hydrogen) atoms. The topological polar surface area (TPSA) is 29.5 Å². The molecule has 2 nitrogen and oxygen atoms in total. The molecule has 3 heteroatoms. The van der Waals surface area contributed by atoms with E-state index in [9.17, 15) is 9.50 Å². The first kappa shape index (κ1) is 14.8. The van der Waals surface area contributed by atoms with Crippen LogP contribution in [-0.4, -0.2) is 10.7 Å². The highest BCUT2D eigenvalue weighted by molar-refractivity contribution is 5.39. The Kier molecular flexibility index (Phi) is 3.14. The van der Waals surface area contributed by atoms with Gasteiger partial charge in [-0.1, -0.05) is 27.7 Å². The number of ether oxygens (including phenoxy) is 1. The highest BCUT2D eigenvalue weighted by Gasteiger charge is 2.51. The van der Waals surface area contributed by atoms with E-state index >= 15 is 0 Å². The molecule has 1 heterocycles. The number of hydrogen-bond acceptors (Lipinski definition) is 2. The molecule has 1 aromatic rings. The lowest BCUT2D eigenvalue weighted by Gasteiger charge is -2.54. The standard InChI is InChI=1S/C18H25FO2/c1-16(2)9-17(3,4)11-18(10-16)8-14(20)13-6-5-12(19)7-15(13)21-18/h5-7,14,20H,8-11H2,1-4H3. The summed E-state index contributed by atoms with van der Waals surface area (Å²) in [5.41, 5.74) is 0.646. The summed E-state index contributed by atoms with van der Waals surface area (Å²) in [5, 5.41) is 10.5. The summed E-state index contributed by atoms with van der Waals surface area (Å²) in [5.74, 6) is 0.203. The lowest BCUT2D eigenvalue weighted by Crippen LogP contribution is -2.52. The van der Waals surface area contributed by atoms with Crippen LogP contribution in [0.25, 0.3) is 0 Å². The average molecular weight is 292 g/mol. The third-order valence-corrected chi connectivity index (χ3v) is 4.78. The van der Waals surface area contributed by atoms with Crippen LogP contribution in [0.3, 0.4) is 0 Å². The van der Waals surface area contributed by atoms with Crippen molar-refractivity contribution in [3.63, 3.8) is 0 Å². The second-order valence-corrected chi connectivity index (χ2v) is 8.55. The number of halogens is 1. The molecule has 0 bridgehead atoms. The molecule has 1 aliphatic carbocycles. The van der Waals surface area contributed by atoms with Crippen LogP contribution in [0.1, 0.15) is 65.0 Å². The highest BCUT2D eigenvalue weighted by atomic mass is 19.1. The zero-order valence-corrected chi connectivity index (χ0v) is 13.4. The summed E-state index contributed by atoms with van der Waals surface area (Å²) in [6, 6.07) is 4.44. The lowest BCUT2D eigenvalue weighted by molar-refractivity contribution is -0.104. The third-order valence-electron chi connectivity index (χ3n) is 4.78. The molecule has 0 radical (unpaired) electrons. The van der Waals surface area contributed by atoms with Crippen molar-refractivity contribution in [2.24, 2.45) is 10.8 Å². The van der Waals surface area contributed by atoms with E-state index in [-0.39, 0.29) is 22.2 Å². The van der Waals surface area contributed by atoms with Crippen molar-refractivity contribution in [1.82, 2.24) is 0 Å². The average Bonchev–Trinajstić information content (AvgIpc) is 2.22. The fourth-order valence-corrected chi connectivity index (χ4v) is 5.05. The van der Waals surface area contributed by atoms with E-state index in [1.165, 1.54) is 12.1 Å². The number of aliphatic hydroxyl groups excluding tert-OH is 1. The van der Waals surface area contributed by atoms with Gasteiger partial charge in [0.1, 0.15) is 17.2 Å². The van der Waals surface area contributed by atoms with E-state index in [1.54, 1.807) is 6.07 Å². The van der Waals surface area contributed by atoms with Gasteiger partial charge in [0.15, 0.2) is 0 Å². The molecule has 1 fully saturated rings. The highest BCUT2D eigenvalue weighted by Crippen LogP contribution is 2.56. The molecule has 1 atom stereocenters. The smallest absolute Gasteiger partial charge is 0.128 e. The van der Waals surface area contributed by atoms with Gasteiger partial charge in [0.25, 0.3) is 0 Å². The predicted octanol–water partition coefficient (Wildman–Crippen LogP) is 4.62. The third kappa shape index (κ3) is 2.80. The van der Waals surface area contributed by atoms with Crippen LogP contribution >= 0.6 is 0 Å². The number of fused-ring (bicyclic) bond motifs is 1. The second-order valence-electron chi connectivity index (χ2n) is 8.55. The fraction of sp³-hybridized carbons (Fsp3) is 0.667. The molecule has 1 aromatic carbocycles. The summed E-state index contributed by atoms with van der Waals surface area (Å²) in [6.45, 7) is 9.03. The van der Waals surface area contributed by atoms with Crippen molar-refractivity contribution in [2.75, 3.05) is 0 Å². The molecule has 2 aliphatic rings. The van der Waals surface area contributed by atoms with Gasteiger partial charge in [-0.05, 0) is 42.2 Å². The summed E-state index contributed by atoms with van der Waals surface area (Å²) in [7, 11) is 0. The maximum absolute atomic E-state index is 13.5. The summed E-state index contributed by atoms with van der Waals surface area (Å²) >= 11 is 0. The molecule has 0 amide bonds. The maximum atomic E-state index is 13.5. The Bertz CT molecular complexity index is 546. The Morgan fingerprint density at radius 1 is 1.10 bits per heavy atom. The van der Waals surface area contributed by atoms with Crippen molar-refractivity contribution < 1.29 is 14.2 Å². The Morgan fingerprint density at radius 2 is 1.71 bits per heavy atom. The van der Waals surface area contributed by atoms with Gasteiger partial charge >= 0.3 is 0 Å². The first-order valence-corrected chi connectivity index (χ1v) is 7.77. The molecule has 1 spiro atoms. The van der Waals surface area contributed by atoms with E-state index in [1.807, 2.05) is 0 Å². The zero-order valence-electron chi connectivity index (χ0n) is 13.4. The Hall–Kier alpha value is -1.09. The normalized spacial score (nSPS) is 28.8. The SMILES string of the molecule is CC1(C)CC(C)(C)CC2(CC(O)c3ccc(F)cc3O2)C1. The van der Waals surface area contributed by atoms with Gasteiger partial charge in [0.05, 0.1) is 6.10 Å². The van der Waals surface area contributed by atoms with Gasteiger partial charge in [-0.25, -0.2) is 4.39 Å². The Morgan fingerprint density at radius 3 is 2.33 bits per heavy atom. The molecule has 0 saturated heterocycles. The van der Waals surface area contributed by atoms with Crippen LogP contribution < -0.4 is 4.74 Å². The van der Waals surface area contributed by atoms with Crippen LogP contribution in [-0.2, 0) is 0 Å². The van der Waals surface area contributed by atoms with Crippen molar-refractivity contribution >= 4 is 0 Å². The molecule has 1 saturated carbocycles. The minimum absolute atomic E-state index is 0.159. The molecule has 1 N–H and O–H groups in total. The van der Waals surface area contributed by atoms with Gasteiger partial charge in [0.2, 0.25) is 0 Å². The fourth-order valence-electron chi connectivity index (χ4n) is 5.05. The molecular formula is C18H25FO2. The second kappa shape index (κ2) is 4.45. The monoisotopic (exact) mass is 292 g/mol. The number of benzene rings is 1. The van der Waals surface area contributed by atoms with Crippen molar-refractivity contribution in [3.8, 4) is 5.75 Å². The first-order chi connectivity index (χ1) is 9.60. The van der Waals surface area contributed by atoms with Crippen molar-refractivity contribution in [3.05, 3.63) is 29.6 Å². The Balaban J connectivity index is 2.00. The van der Waals surface area contributed by atoms with Gasteiger partial charge < -0.3 is 9.84 Å².